The van der Waals surface area contributed by atoms with Gasteiger partial charge < -0.3 is 14.8 Å². The molecule has 1 aromatic heterocycles. The molecule has 1 aliphatic carbocycles. The van der Waals surface area contributed by atoms with Gasteiger partial charge in [0.2, 0.25) is 5.78 Å². The Morgan fingerprint density at radius 1 is 1.25 bits per heavy atom. The van der Waals surface area contributed by atoms with Crippen LogP contribution in [0.5, 0.6) is 0 Å². The van der Waals surface area contributed by atoms with E-state index in [4.69, 9.17) is 0 Å². The normalized spacial score (nSPS) is 15.1. The van der Waals surface area contributed by atoms with Crippen molar-refractivity contribution in [3.63, 3.8) is 0 Å². The largest absolute Gasteiger partial charge is 0.383 e. The summed E-state index contributed by atoms with van der Waals surface area (Å²) in [6.07, 6.45) is 3.36. The van der Waals surface area contributed by atoms with E-state index in [1.165, 1.54) is 0 Å². The van der Waals surface area contributed by atoms with Crippen molar-refractivity contribution in [2.75, 3.05) is 14.1 Å². The topological polar surface area (TPSA) is 54.3 Å². The third kappa shape index (κ3) is 4.19. The Morgan fingerprint density at radius 3 is 2.64 bits per heavy atom. The highest BCUT2D eigenvalue weighted by atomic mass is 16.2. The van der Waals surface area contributed by atoms with Crippen molar-refractivity contribution in [1.29, 1.82) is 0 Å². The first-order valence-corrected chi connectivity index (χ1v) is 9.77. The molecule has 1 N–H and O–H groups in total. The molecular weight excluding hydrogens is 350 g/mol. The number of Topliss-reactive ketones (excluding diaryl/α,β-unsaturated/α-hetero) is 1. The maximum absolute atomic E-state index is 13.2. The van der Waals surface area contributed by atoms with Gasteiger partial charge in [-0.2, -0.15) is 0 Å². The SMILES string of the molecule is Cc1cccc(Cn2c(C(=O)NC(C)C)cc3c2C(=O)/C(=C/N(C)C)CC3)c1. The van der Waals surface area contributed by atoms with Gasteiger partial charge in [-0.05, 0) is 50.8 Å². The van der Waals surface area contributed by atoms with E-state index < -0.39 is 0 Å². The first-order valence-electron chi connectivity index (χ1n) is 9.77. The highest BCUT2D eigenvalue weighted by Crippen LogP contribution is 2.29. The van der Waals surface area contributed by atoms with Crippen molar-refractivity contribution >= 4 is 11.7 Å². The van der Waals surface area contributed by atoms with Crippen molar-refractivity contribution in [2.45, 2.75) is 46.2 Å². The van der Waals surface area contributed by atoms with Gasteiger partial charge in [0, 0.05) is 38.5 Å². The second-order valence-corrected chi connectivity index (χ2v) is 8.05. The molecule has 0 fully saturated rings. The number of ketones is 1. The lowest BCUT2D eigenvalue weighted by Gasteiger charge is -2.20. The van der Waals surface area contributed by atoms with Gasteiger partial charge in [0.05, 0.1) is 5.69 Å². The number of aryl methyl sites for hydroxylation is 2. The average molecular weight is 380 g/mol. The van der Waals surface area contributed by atoms with Crippen LogP contribution in [0.1, 0.15) is 57.9 Å². The number of rotatable bonds is 5. The Kier molecular flexibility index (Phi) is 5.73. The fourth-order valence-electron chi connectivity index (χ4n) is 3.72. The van der Waals surface area contributed by atoms with E-state index in [1.54, 1.807) is 0 Å². The third-order valence-corrected chi connectivity index (χ3v) is 4.84. The first kappa shape index (κ1) is 19.9. The van der Waals surface area contributed by atoms with Crippen molar-refractivity contribution in [1.82, 2.24) is 14.8 Å². The lowest BCUT2D eigenvalue weighted by atomic mass is 9.92. The van der Waals surface area contributed by atoms with E-state index in [9.17, 15) is 9.59 Å². The fraction of sp³-hybridized carbons (Fsp3) is 0.391. The molecule has 5 nitrogen and oxygen atoms in total. The average Bonchev–Trinajstić information content (AvgIpc) is 2.96. The van der Waals surface area contributed by atoms with Crippen LogP contribution in [0, 0.1) is 6.92 Å². The number of carbonyl (C=O) groups is 2. The van der Waals surface area contributed by atoms with Crippen LogP contribution >= 0.6 is 0 Å². The van der Waals surface area contributed by atoms with Crippen LogP contribution in [0.25, 0.3) is 0 Å². The van der Waals surface area contributed by atoms with Gasteiger partial charge >= 0.3 is 0 Å². The molecule has 1 aromatic carbocycles. The van der Waals surface area contributed by atoms with Crippen LogP contribution in [0.15, 0.2) is 42.1 Å². The van der Waals surface area contributed by atoms with Crippen LogP contribution in [0.2, 0.25) is 0 Å². The zero-order valence-electron chi connectivity index (χ0n) is 17.4. The standard InChI is InChI=1S/C23H29N3O2/c1-15(2)24-23(28)20-12-18-9-10-19(14-25(4)5)22(27)21(18)26(20)13-17-8-6-7-16(3)11-17/h6-8,11-12,14-15H,9-10,13H2,1-5H3,(H,24,28)/b19-14+. The van der Waals surface area contributed by atoms with Gasteiger partial charge in [-0.1, -0.05) is 29.8 Å². The Balaban J connectivity index is 2.10. The number of fused-ring (bicyclic) bond motifs is 1. The van der Waals surface area contributed by atoms with Gasteiger partial charge in [0.25, 0.3) is 5.91 Å². The molecule has 0 atom stereocenters. The number of nitrogens with zero attached hydrogens (tertiary/aromatic N) is 2. The van der Waals surface area contributed by atoms with Gasteiger partial charge in [-0.25, -0.2) is 0 Å². The molecule has 0 aliphatic heterocycles. The predicted octanol–water partition coefficient (Wildman–Crippen LogP) is 3.56. The molecule has 2 aromatic rings. The summed E-state index contributed by atoms with van der Waals surface area (Å²) < 4.78 is 1.90. The Labute approximate surface area is 167 Å². The number of nitrogens with one attached hydrogen (secondary N) is 1. The van der Waals surface area contributed by atoms with Crippen LogP contribution in [0.4, 0.5) is 0 Å². The minimum atomic E-state index is -0.136. The number of allylic oxidation sites excluding steroid dienone is 1. The maximum Gasteiger partial charge on any atom is 0.268 e. The molecule has 148 valence electrons. The van der Waals surface area contributed by atoms with E-state index in [-0.39, 0.29) is 17.7 Å². The van der Waals surface area contributed by atoms with E-state index in [2.05, 4.69) is 11.4 Å². The third-order valence-electron chi connectivity index (χ3n) is 4.84. The Hall–Kier alpha value is -2.82. The molecule has 0 spiro atoms. The van der Waals surface area contributed by atoms with Crippen LogP contribution < -0.4 is 5.32 Å². The molecule has 0 saturated carbocycles. The summed E-state index contributed by atoms with van der Waals surface area (Å²) in [7, 11) is 3.84. The highest BCUT2D eigenvalue weighted by Gasteiger charge is 2.30. The highest BCUT2D eigenvalue weighted by molar-refractivity contribution is 6.11. The van der Waals surface area contributed by atoms with E-state index >= 15 is 0 Å². The van der Waals surface area contributed by atoms with Crippen LogP contribution in [0.3, 0.4) is 0 Å². The molecule has 28 heavy (non-hydrogen) atoms. The molecule has 5 heteroatoms. The quantitative estimate of drug-likeness (QED) is 0.808. The van der Waals surface area contributed by atoms with Crippen LogP contribution in [-0.2, 0) is 13.0 Å². The number of aromatic nitrogens is 1. The van der Waals surface area contributed by atoms with Crippen LogP contribution in [-0.4, -0.2) is 41.3 Å². The summed E-state index contributed by atoms with van der Waals surface area (Å²) in [5.74, 6) is -0.116. The molecule has 1 amide bonds. The Bertz CT molecular complexity index is 935. The monoisotopic (exact) mass is 379 g/mol. The molecule has 1 heterocycles. The summed E-state index contributed by atoms with van der Waals surface area (Å²) in [5.41, 5.74) is 5.19. The molecular formula is C23H29N3O2. The van der Waals surface area contributed by atoms with Gasteiger partial charge in [0.1, 0.15) is 5.69 Å². The predicted molar refractivity (Wildman–Crippen MR) is 112 cm³/mol. The van der Waals surface area contributed by atoms with E-state index in [0.717, 1.165) is 28.7 Å². The first-order chi connectivity index (χ1) is 13.3. The lowest BCUT2D eigenvalue weighted by molar-refractivity contribution is 0.0934. The lowest BCUT2D eigenvalue weighted by Crippen LogP contribution is -2.32. The Morgan fingerprint density at radius 2 is 2.00 bits per heavy atom. The number of amides is 1. The summed E-state index contributed by atoms with van der Waals surface area (Å²) in [6, 6.07) is 10.1. The van der Waals surface area contributed by atoms with Gasteiger partial charge in [-0.15, -0.1) is 0 Å². The molecule has 0 unspecified atom stereocenters. The fourth-order valence-corrected chi connectivity index (χ4v) is 3.72. The van der Waals surface area contributed by atoms with E-state index in [0.29, 0.717) is 24.4 Å². The smallest absolute Gasteiger partial charge is 0.268 e. The molecule has 1 aliphatic rings. The summed E-state index contributed by atoms with van der Waals surface area (Å²) in [4.78, 5) is 28.0. The van der Waals surface area contributed by atoms with Crippen molar-refractivity contribution in [3.05, 3.63) is 70.2 Å². The number of hydrogen-bond donors (Lipinski definition) is 1. The van der Waals surface area contributed by atoms with Crippen molar-refractivity contribution in [3.8, 4) is 0 Å². The zero-order valence-corrected chi connectivity index (χ0v) is 17.4. The van der Waals surface area contributed by atoms with Crippen molar-refractivity contribution < 1.29 is 9.59 Å². The van der Waals surface area contributed by atoms with E-state index in [1.807, 2.05) is 74.8 Å². The number of hydrogen-bond acceptors (Lipinski definition) is 3. The number of carbonyl (C=O) groups excluding carboxylic acids is 2. The summed E-state index contributed by atoms with van der Waals surface area (Å²) in [6.45, 7) is 6.42. The number of benzene rings is 1. The summed E-state index contributed by atoms with van der Waals surface area (Å²) >= 11 is 0. The summed E-state index contributed by atoms with van der Waals surface area (Å²) in [5, 5.41) is 2.97. The van der Waals surface area contributed by atoms with Gasteiger partial charge in [-0.3, -0.25) is 9.59 Å². The molecule has 0 saturated heterocycles. The molecule has 0 bridgehead atoms. The second kappa shape index (κ2) is 8.05. The molecule has 0 radical (unpaired) electrons. The van der Waals surface area contributed by atoms with Crippen molar-refractivity contribution in [2.24, 2.45) is 0 Å². The molecule has 3 rings (SSSR count). The zero-order chi connectivity index (χ0) is 20.4. The van der Waals surface area contributed by atoms with Gasteiger partial charge in [0.15, 0.2) is 0 Å². The maximum atomic E-state index is 13.2. The minimum absolute atomic E-state index is 0.0196. The second-order valence-electron chi connectivity index (χ2n) is 8.05. The minimum Gasteiger partial charge on any atom is -0.383 e.